The van der Waals surface area contributed by atoms with Crippen molar-refractivity contribution in [3.8, 4) is 0 Å². The number of carbonyl (C=O) groups is 4. The lowest BCUT2D eigenvalue weighted by Crippen LogP contribution is -2.73. The highest BCUT2D eigenvalue weighted by Crippen LogP contribution is 2.36. The van der Waals surface area contributed by atoms with Gasteiger partial charge in [-0.2, -0.15) is 0 Å². The molecule has 0 aliphatic heterocycles. The number of carboxylic acid groups (broad SMARTS) is 2. The summed E-state index contributed by atoms with van der Waals surface area (Å²) in [5.74, 6) is -9.55. The Bertz CT molecular complexity index is 1060. The van der Waals surface area contributed by atoms with Crippen LogP contribution >= 0.6 is 0 Å². The van der Waals surface area contributed by atoms with Crippen molar-refractivity contribution in [3.05, 3.63) is 71.8 Å². The molecule has 230 valence electrons. The number of rotatable bonds is 21. The Kier molecular flexibility index (Phi) is 14.0. The molecule has 0 saturated carbocycles. The number of carbonyl (C=O) groups excluding carboxylic acids is 2. The number of unbranched alkanes of at least 4 members (excludes halogenated alkanes) is 6. The molecule has 0 heterocycles. The Morgan fingerprint density at radius 2 is 0.905 bits per heavy atom. The largest absolute Gasteiger partial charge is 0.479 e. The van der Waals surface area contributed by atoms with Crippen molar-refractivity contribution in [2.24, 2.45) is 11.8 Å². The second-order valence-electron chi connectivity index (χ2n) is 11.2. The van der Waals surface area contributed by atoms with Gasteiger partial charge in [-0.1, -0.05) is 126 Å². The highest BCUT2D eigenvalue weighted by atomic mass is 16.5. The molecule has 2 aromatic rings. The molecule has 8 heteroatoms. The van der Waals surface area contributed by atoms with E-state index in [9.17, 15) is 39.6 Å². The summed E-state index contributed by atoms with van der Waals surface area (Å²) in [5.41, 5.74) is -6.42. The van der Waals surface area contributed by atoms with Crippen LogP contribution in [0.3, 0.4) is 0 Å². The minimum Gasteiger partial charge on any atom is -0.479 e. The lowest BCUT2D eigenvalue weighted by Gasteiger charge is -2.38. The van der Waals surface area contributed by atoms with Gasteiger partial charge in [-0.15, -0.1) is 0 Å². The topological polar surface area (TPSA) is 149 Å². The zero-order valence-corrected chi connectivity index (χ0v) is 24.8. The van der Waals surface area contributed by atoms with Gasteiger partial charge >= 0.3 is 11.9 Å². The van der Waals surface area contributed by atoms with E-state index in [2.05, 4.69) is 0 Å². The van der Waals surface area contributed by atoms with Gasteiger partial charge < -0.3 is 20.4 Å². The number of aliphatic carboxylic acids is 2. The molecular formula is C34H46O8. The van der Waals surface area contributed by atoms with Gasteiger partial charge in [-0.25, -0.2) is 9.59 Å². The van der Waals surface area contributed by atoms with Crippen molar-refractivity contribution in [2.45, 2.75) is 102 Å². The van der Waals surface area contributed by atoms with Crippen LogP contribution in [0.5, 0.6) is 0 Å². The summed E-state index contributed by atoms with van der Waals surface area (Å²) >= 11 is 0. The molecule has 0 fully saturated rings. The second kappa shape index (κ2) is 16.9. The third kappa shape index (κ3) is 8.58. The standard InChI is InChI=1S/C34H46O8/c1-3-5-7-15-21-27(23-25-17-11-9-12-18-25)29(35)33(41,31(37)38)34(42,32(39)40)30(36)28(22-16-8-6-4-2)24-26-19-13-10-14-20-26/h9-14,17-20,27-28,41-42H,3-8,15-16,21-24H2,1-2H3,(H,37,38)(H,39,40)/t27-,28-,33-,34-/m1/s1. The number of hydrogen-bond donors (Lipinski definition) is 4. The monoisotopic (exact) mass is 582 g/mol. The summed E-state index contributed by atoms with van der Waals surface area (Å²) in [6.07, 6.45) is 6.54. The molecular weight excluding hydrogens is 536 g/mol. The maximum Gasteiger partial charge on any atom is 0.347 e. The Morgan fingerprint density at radius 1 is 0.571 bits per heavy atom. The first kappa shape index (κ1) is 34.8. The van der Waals surface area contributed by atoms with Gasteiger partial charge in [-0.05, 0) is 36.8 Å². The number of benzene rings is 2. The molecule has 4 atom stereocenters. The fraction of sp³-hybridized carbons (Fsp3) is 0.529. The minimum absolute atomic E-state index is 0.0236. The summed E-state index contributed by atoms with van der Waals surface area (Å²) in [6.45, 7) is 4.03. The highest BCUT2D eigenvalue weighted by molar-refractivity contribution is 6.22. The number of hydrogen-bond acceptors (Lipinski definition) is 6. The molecule has 0 radical (unpaired) electrons. The molecule has 4 N–H and O–H groups in total. The van der Waals surface area contributed by atoms with Gasteiger partial charge in [0.1, 0.15) is 0 Å². The number of ketones is 2. The van der Waals surface area contributed by atoms with Gasteiger partial charge in [0, 0.05) is 11.8 Å². The summed E-state index contributed by atoms with van der Waals surface area (Å²) < 4.78 is 0. The van der Waals surface area contributed by atoms with E-state index in [0.717, 1.165) is 38.5 Å². The normalized spacial score (nSPS) is 15.6. The second-order valence-corrected chi connectivity index (χ2v) is 11.2. The molecule has 0 unspecified atom stereocenters. The Balaban J connectivity index is 2.56. The maximum absolute atomic E-state index is 14.0. The molecule has 0 aliphatic carbocycles. The molecule has 2 aromatic carbocycles. The lowest BCUT2D eigenvalue weighted by atomic mass is 9.68. The van der Waals surface area contributed by atoms with E-state index in [1.165, 1.54) is 0 Å². The maximum atomic E-state index is 14.0. The van der Waals surface area contributed by atoms with Crippen molar-refractivity contribution in [1.29, 1.82) is 0 Å². The zero-order chi connectivity index (χ0) is 31.2. The first-order valence-electron chi connectivity index (χ1n) is 15.1. The van der Waals surface area contributed by atoms with Crippen molar-refractivity contribution in [2.75, 3.05) is 0 Å². The van der Waals surface area contributed by atoms with Crippen molar-refractivity contribution >= 4 is 23.5 Å². The Hall–Kier alpha value is -3.36. The average Bonchev–Trinajstić information content (AvgIpc) is 2.99. The quantitative estimate of drug-likeness (QED) is 0.113. The van der Waals surface area contributed by atoms with Gasteiger partial charge in [-0.3, -0.25) is 9.59 Å². The molecule has 8 nitrogen and oxygen atoms in total. The van der Waals surface area contributed by atoms with Crippen molar-refractivity contribution in [1.82, 2.24) is 0 Å². The summed E-state index contributed by atoms with van der Waals surface area (Å²) in [6, 6.07) is 17.5. The van der Waals surface area contributed by atoms with Crippen LogP contribution < -0.4 is 0 Å². The first-order valence-corrected chi connectivity index (χ1v) is 15.1. The van der Waals surface area contributed by atoms with E-state index in [4.69, 9.17) is 0 Å². The third-order valence-electron chi connectivity index (χ3n) is 8.06. The lowest BCUT2D eigenvalue weighted by molar-refractivity contribution is -0.210. The minimum atomic E-state index is -3.89. The number of aliphatic hydroxyl groups is 2. The first-order chi connectivity index (χ1) is 20.0. The van der Waals surface area contributed by atoms with Gasteiger partial charge in [0.25, 0.3) is 11.2 Å². The fourth-order valence-corrected chi connectivity index (χ4v) is 5.55. The molecule has 2 rings (SSSR count). The summed E-state index contributed by atoms with van der Waals surface area (Å²) in [7, 11) is 0. The van der Waals surface area contributed by atoms with Gasteiger partial charge in [0.15, 0.2) is 11.6 Å². The SMILES string of the molecule is CCCCCC[C@H](Cc1ccccc1)C(=O)[C@@](O)(C(=O)O)[C@](O)(C(=O)O)C(=O)[C@H](CCCCCC)Cc1ccccc1. The predicted molar refractivity (Wildman–Crippen MR) is 160 cm³/mol. The summed E-state index contributed by atoms with van der Waals surface area (Å²) in [4.78, 5) is 53.4. The van der Waals surface area contributed by atoms with E-state index in [1.54, 1.807) is 60.7 Å². The molecule has 0 spiro atoms. The van der Waals surface area contributed by atoms with E-state index < -0.39 is 46.5 Å². The molecule has 42 heavy (non-hydrogen) atoms. The van der Waals surface area contributed by atoms with Crippen LogP contribution in [0.4, 0.5) is 0 Å². The number of Topliss-reactive ketones (excluding diaryl/α,β-unsaturated/α-hetero) is 2. The van der Waals surface area contributed by atoms with E-state index in [-0.39, 0.29) is 25.7 Å². The highest BCUT2D eigenvalue weighted by Gasteiger charge is 2.70. The summed E-state index contributed by atoms with van der Waals surface area (Å²) in [5, 5.41) is 43.6. The Labute approximate surface area is 248 Å². The number of carboxylic acids is 2. The smallest absolute Gasteiger partial charge is 0.347 e. The van der Waals surface area contributed by atoms with Crippen LogP contribution in [0.25, 0.3) is 0 Å². The third-order valence-corrected chi connectivity index (χ3v) is 8.06. The van der Waals surface area contributed by atoms with Crippen LogP contribution in [0.2, 0.25) is 0 Å². The van der Waals surface area contributed by atoms with Crippen LogP contribution in [-0.4, -0.2) is 55.1 Å². The zero-order valence-electron chi connectivity index (χ0n) is 24.8. The van der Waals surface area contributed by atoms with Crippen molar-refractivity contribution < 1.29 is 39.6 Å². The predicted octanol–water partition coefficient (Wildman–Crippen LogP) is 5.41. The molecule has 0 saturated heterocycles. The van der Waals surface area contributed by atoms with Crippen LogP contribution in [0.1, 0.15) is 89.2 Å². The van der Waals surface area contributed by atoms with E-state index >= 15 is 0 Å². The van der Waals surface area contributed by atoms with Gasteiger partial charge in [0.2, 0.25) is 0 Å². The van der Waals surface area contributed by atoms with Crippen molar-refractivity contribution in [3.63, 3.8) is 0 Å². The molecule has 0 aliphatic rings. The molecule has 0 bridgehead atoms. The average molecular weight is 583 g/mol. The van der Waals surface area contributed by atoms with Gasteiger partial charge in [0.05, 0.1) is 0 Å². The van der Waals surface area contributed by atoms with Crippen LogP contribution in [0.15, 0.2) is 60.7 Å². The molecule has 0 aromatic heterocycles. The van der Waals surface area contributed by atoms with Crippen LogP contribution in [-0.2, 0) is 32.0 Å². The van der Waals surface area contributed by atoms with E-state index in [1.807, 2.05) is 13.8 Å². The fourth-order valence-electron chi connectivity index (χ4n) is 5.55. The van der Waals surface area contributed by atoms with E-state index in [0.29, 0.717) is 24.0 Å². The Morgan fingerprint density at radius 3 is 1.19 bits per heavy atom. The van der Waals surface area contributed by atoms with Crippen LogP contribution in [0, 0.1) is 11.8 Å². The molecule has 0 amide bonds.